The number of ether oxygens (including phenoxy) is 1. The Labute approximate surface area is 113 Å². The van der Waals surface area contributed by atoms with Crippen molar-refractivity contribution < 1.29 is 4.74 Å². The van der Waals surface area contributed by atoms with Crippen LogP contribution in [-0.4, -0.2) is 29.7 Å². The van der Waals surface area contributed by atoms with Crippen LogP contribution in [-0.2, 0) is 0 Å². The van der Waals surface area contributed by atoms with Gasteiger partial charge in [-0.3, -0.25) is 0 Å². The first-order valence-corrected chi connectivity index (χ1v) is 6.96. The summed E-state index contributed by atoms with van der Waals surface area (Å²) < 4.78 is 5.36. The molecule has 1 aromatic rings. The van der Waals surface area contributed by atoms with Crippen LogP contribution < -0.4 is 9.64 Å². The smallest absolute Gasteiger partial charge is 0.199 e. The molecule has 0 saturated carbocycles. The van der Waals surface area contributed by atoms with Crippen LogP contribution in [0.3, 0.4) is 0 Å². The van der Waals surface area contributed by atoms with Crippen LogP contribution in [0.15, 0.2) is 6.33 Å². The molecule has 1 saturated heterocycles. The molecule has 4 nitrogen and oxygen atoms in total. The van der Waals surface area contributed by atoms with E-state index in [1.165, 1.54) is 32.0 Å². The predicted octanol–water partition coefficient (Wildman–Crippen LogP) is 3.30. The summed E-state index contributed by atoms with van der Waals surface area (Å²) in [5, 5.41) is 0.390. The molecule has 0 N–H and O–H groups in total. The molecule has 2 heterocycles. The van der Waals surface area contributed by atoms with Gasteiger partial charge in [0.05, 0.1) is 7.11 Å². The standard InChI is InChI=1S/C13H20ClN3O/c1-3-10-7-5-4-6-8-17(10)13-11(18-2)12(14)15-9-16-13/h9-10H,3-8H2,1-2H3. The largest absolute Gasteiger partial charge is 0.490 e. The van der Waals surface area contributed by atoms with Gasteiger partial charge in [0.25, 0.3) is 0 Å². The lowest BCUT2D eigenvalue weighted by Gasteiger charge is -2.31. The zero-order valence-electron chi connectivity index (χ0n) is 11.0. The van der Waals surface area contributed by atoms with Gasteiger partial charge in [-0.2, -0.15) is 0 Å². The molecule has 1 unspecified atom stereocenters. The molecule has 1 aromatic heterocycles. The first-order valence-electron chi connectivity index (χ1n) is 6.59. The topological polar surface area (TPSA) is 38.2 Å². The summed E-state index contributed by atoms with van der Waals surface area (Å²) in [5.74, 6) is 1.44. The molecular weight excluding hydrogens is 250 g/mol. The van der Waals surface area contributed by atoms with E-state index in [9.17, 15) is 0 Å². The van der Waals surface area contributed by atoms with E-state index in [1.807, 2.05) is 0 Å². The molecule has 0 spiro atoms. The van der Waals surface area contributed by atoms with Gasteiger partial charge in [-0.25, -0.2) is 9.97 Å². The normalized spacial score (nSPS) is 20.6. The van der Waals surface area contributed by atoms with Crippen LogP contribution in [0.1, 0.15) is 39.0 Å². The van der Waals surface area contributed by atoms with Crippen molar-refractivity contribution >= 4 is 17.4 Å². The highest BCUT2D eigenvalue weighted by Gasteiger charge is 2.24. The van der Waals surface area contributed by atoms with Gasteiger partial charge in [-0.1, -0.05) is 31.4 Å². The molecule has 18 heavy (non-hydrogen) atoms. The molecule has 1 aliphatic rings. The molecule has 5 heteroatoms. The highest BCUT2D eigenvalue weighted by atomic mass is 35.5. The van der Waals surface area contributed by atoms with E-state index in [1.54, 1.807) is 7.11 Å². The van der Waals surface area contributed by atoms with E-state index in [0.717, 1.165) is 18.8 Å². The third-order valence-electron chi connectivity index (χ3n) is 3.57. The molecule has 0 aliphatic carbocycles. The van der Waals surface area contributed by atoms with E-state index < -0.39 is 0 Å². The lowest BCUT2D eigenvalue weighted by atomic mass is 10.1. The molecule has 0 bridgehead atoms. The van der Waals surface area contributed by atoms with Crippen LogP contribution in [0.25, 0.3) is 0 Å². The van der Waals surface area contributed by atoms with Crippen molar-refractivity contribution in [1.82, 2.24) is 9.97 Å². The molecule has 0 amide bonds. The highest BCUT2D eigenvalue weighted by molar-refractivity contribution is 6.31. The number of rotatable bonds is 3. The fraction of sp³-hybridized carbons (Fsp3) is 0.692. The quantitative estimate of drug-likeness (QED) is 0.789. The molecule has 1 aliphatic heterocycles. The second-order valence-corrected chi connectivity index (χ2v) is 4.98. The molecule has 0 radical (unpaired) electrons. The van der Waals surface area contributed by atoms with Crippen molar-refractivity contribution in [3.63, 3.8) is 0 Å². The minimum atomic E-state index is 0.390. The monoisotopic (exact) mass is 269 g/mol. The minimum Gasteiger partial charge on any atom is -0.490 e. The Morgan fingerprint density at radius 2 is 2.22 bits per heavy atom. The number of methoxy groups -OCH3 is 1. The fourth-order valence-corrected chi connectivity index (χ4v) is 2.81. The van der Waals surface area contributed by atoms with Crippen molar-refractivity contribution in [3.05, 3.63) is 11.5 Å². The highest BCUT2D eigenvalue weighted by Crippen LogP contribution is 2.35. The van der Waals surface area contributed by atoms with E-state index in [0.29, 0.717) is 16.9 Å². The SMILES string of the molecule is CCC1CCCCCN1c1ncnc(Cl)c1OC. The van der Waals surface area contributed by atoms with Crippen molar-refractivity contribution in [3.8, 4) is 5.75 Å². The van der Waals surface area contributed by atoms with E-state index in [2.05, 4.69) is 21.8 Å². The Morgan fingerprint density at radius 1 is 1.39 bits per heavy atom. The minimum absolute atomic E-state index is 0.390. The maximum atomic E-state index is 6.08. The van der Waals surface area contributed by atoms with Gasteiger partial charge in [0.2, 0.25) is 0 Å². The first kappa shape index (κ1) is 13.4. The summed E-state index contributed by atoms with van der Waals surface area (Å²) in [6.07, 6.45) is 7.61. The maximum absolute atomic E-state index is 6.08. The van der Waals surface area contributed by atoms with Gasteiger partial charge in [0.1, 0.15) is 6.33 Å². The number of nitrogens with zero attached hydrogens (tertiary/aromatic N) is 3. The van der Waals surface area contributed by atoms with Gasteiger partial charge in [-0.05, 0) is 19.3 Å². The fourth-order valence-electron chi connectivity index (χ4n) is 2.60. The summed E-state index contributed by atoms with van der Waals surface area (Å²) in [4.78, 5) is 10.7. The molecule has 0 aromatic carbocycles. The van der Waals surface area contributed by atoms with Gasteiger partial charge >= 0.3 is 0 Å². The van der Waals surface area contributed by atoms with Crippen LogP contribution >= 0.6 is 11.6 Å². The lowest BCUT2D eigenvalue weighted by molar-refractivity contribution is 0.407. The van der Waals surface area contributed by atoms with Gasteiger partial charge in [0, 0.05) is 12.6 Å². The average Bonchev–Trinajstić information content (AvgIpc) is 2.63. The number of aromatic nitrogens is 2. The lowest BCUT2D eigenvalue weighted by Crippen LogP contribution is -2.35. The van der Waals surface area contributed by atoms with Crippen LogP contribution in [0, 0.1) is 0 Å². The van der Waals surface area contributed by atoms with Crippen molar-refractivity contribution in [2.45, 2.75) is 45.1 Å². The van der Waals surface area contributed by atoms with Crippen LogP contribution in [0.4, 0.5) is 5.82 Å². The number of hydrogen-bond donors (Lipinski definition) is 0. The summed E-state index contributed by atoms with van der Waals surface area (Å²) in [5.41, 5.74) is 0. The van der Waals surface area contributed by atoms with Crippen LogP contribution in [0.2, 0.25) is 5.15 Å². The number of halogens is 1. The Bertz CT molecular complexity index is 400. The predicted molar refractivity (Wildman–Crippen MR) is 73.5 cm³/mol. The second kappa shape index (κ2) is 6.23. The van der Waals surface area contributed by atoms with Crippen molar-refractivity contribution in [1.29, 1.82) is 0 Å². The Morgan fingerprint density at radius 3 is 2.94 bits per heavy atom. The van der Waals surface area contributed by atoms with Crippen molar-refractivity contribution in [2.75, 3.05) is 18.6 Å². The molecule has 100 valence electrons. The zero-order chi connectivity index (χ0) is 13.0. The van der Waals surface area contributed by atoms with Crippen LogP contribution in [0.5, 0.6) is 5.75 Å². The van der Waals surface area contributed by atoms with Crippen molar-refractivity contribution in [2.24, 2.45) is 0 Å². The molecular formula is C13H20ClN3O. The Hall–Kier alpha value is -1.03. The number of anilines is 1. The van der Waals surface area contributed by atoms with Gasteiger partial charge < -0.3 is 9.64 Å². The third kappa shape index (κ3) is 2.69. The molecule has 1 atom stereocenters. The zero-order valence-corrected chi connectivity index (χ0v) is 11.8. The molecule has 1 fully saturated rings. The summed E-state index contributed by atoms with van der Waals surface area (Å²) in [6.45, 7) is 3.24. The Kier molecular flexibility index (Phi) is 4.64. The van der Waals surface area contributed by atoms with E-state index in [4.69, 9.17) is 16.3 Å². The summed E-state index contributed by atoms with van der Waals surface area (Å²) in [7, 11) is 1.62. The molecule has 2 rings (SSSR count). The van der Waals surface area contributed by atoms with Gasteiger partial charge in [0.15, 0.2) is 16.7 Å². The maximum Gasteiger partial charge on any atom is 0.199 e. The summed E-state index contributed by atoms with van der Waals surface area (Å²) in [6, 6.07) is 0.521. The summed E-state index contributed by atoms with van der Waals surface area (Å²) >= 11 is 6.08. The Balaban J connectivity index is 2.35. The third-order valence-corrected chi connectivity index (χ3v) is 3.84. The second-order valence-electron chi connectivity index (χ2n) is 4.63. The average molecular weight is 270 g/mol. The number of hydrogen-bond acceptors (Lipinski definition) is 4. The van der Waals surface area contributed by atoms with E-state index >= 15 is 0 Å². The van der Waals surface area contributed by atoms with E-state index in [-0.39, 0.29) is 0 Å². The van der Waals surface area contributed by atoms with Gasteiger partial charge in [-0.15, -0.1) is 0 Å². The first-order chi connectivity index (χ1) is 8.77.